The van der Waals surface area contributed by atoms with Gasteiger partial charge in [0.15, 0.2) is 5.83 Å². The molecule has 0 atom stereocenters. The molecule has 0 nitrogen and oxygen atoms in total. The van der Waals surface area contributed by atoms with Crippen LogP contribution in [0.3, 0.4) is 0 Å². The Labute approximate surface area is 71.6 Å². The highest BCUT2D eigenvalue weighted by atomic mass is 19.2. The zero-order valence-electron chi connectivity index (χ0n) is 7.49. The maximum absolute atomic E-state index is 12.7. The van der Waals surface area contributed by atoms with Gasteiger partial charge in [-0.25, -0.2) is 8.78 Å². The summed E-state index contributed by atoms with van der Waals surface area (Å²) in [6, 6.07) is 0. The third-order valence-electron chi connectivity index (χ3n) is 1.22. The number of halogens is 2. The lowest BCUT2D eigenvalue weighted by molar-refractivity contribution is 0.547. The maximum atomic E-state index is 12.7. The molecule has 0 rings (SSSR count). The van der Waals surface area contributed by atoms with E-state index >= 15 is 0 Å². The van der Waals surface area contributed by atoms with Crippen molar-refractivity contribution in [3.63, 3.8) is 0 Å². The van der Waals surface area contributed by atoms with Gasteiger partial charge in [-0.15, -0.1) is 5.73 Å². The van der Waals surface area contributed by atoms with E-state index in [2.05, 4.69) is 5.73 Å². The molecule has 0 N–H and O–H groups in total. The summed E-state index contributed by atoms with van der Waals surface area (Å²) < 4.78 is 25.0. The van der Waals surface area contributed by atoms with Crippen LogP contribution in [-0.4, -0.2) is 0 Å². The molecule has 66 valence electrons. The molecule has 0 saturated carbocycles. The van der Waals surface area contributed by atoms with Crippen molar-refractivity contribution in [3.05, 3.63) is 41.2 Å². The van der Waals surface area contributed by atoms with E-state index in [-0.39, 0.29) is 5.57 Å². The van der Waals surface area contributed by atoms with Gasteiger partial charge in [-0.05, 0) is 26.8 Å². The van der Waals surface area contributed by atoms with Gasteiger partial charge < -0.3 is 0 Å². The van der Waals surface area contributed by atoms with Crippen LogP contribution in [0.2, 0.25) is 0 Å². The molecule has 0 fully saturated rings. The number of hydrogen-bond acceptors (Lipinski definition) is 0. The Bertz CT molecular complexity index is 260. The highest BCUT2D eigenvalue weighted by Gasteiger charge is 2.00. The second-order valence-corrected chi connectivity index (χ2v) is 2.31. The van der Waals surface area contributed by atoms with Gasteiger partial charge in [0.25, 0.3) is 0 Å². The van der Waals surface area contributed by atoms with E-state index in [4.69, 9.17) is 0 Å². The first kappa shape index (κ1) is 10.9. The molecule has 0 saturated heterocycles. The van der Waals surface area contributed by atoms with Crippen molar-refractivity contribution >= 4 is 0 Å². The van der Waals surface area contributed by atoms with Crippen molar-refractivity contribution in [3.8, 4) is 0 Å². The van der Waals surface area contributed by atoms with Crippen LogP contribution >= 0.6 is 0 Å². The summed E-state index contributed by atoms with van der Waals surface area (Å²) in [7, 11) is 0. The monoisotopic (exact) mass is 170 g/mol. The summed E-state index contributed by atoms with van der Waals surface area (Å²) in [5.41, 5.74) is 2.77. The predicted molar refractivity (Wildman–Crippen MR) is 47.0 cm³/mol. The first-order valence-corrected chi connectivity index (χ1v) is 3.66. The molecule has 0 aromatic carbocycles. The zero-order valence-corrected chi connectivity index (χ0v) is 7.49. The van der Waals surface area contributed by atoms with Gasteiger partial charge in [0, 0.05) is 5.57 Å². The van der Waals surface area contributed by atoms with Gasteiger partial charge in [0.05, 0.1) is 0 Å². The van der Waals surface area contributed by atoms with Gasteiger partial charge >= 0.3 is 0 Å². The molecule has 0 aliphatic heterocycles. The molecule has 0 aromatic heterocycles. The Morgan fingerprint density at radius 3 is 2.25 bits per heavy atom. The molecular formula is C10H12F2. The number of rotatable bonds is 2. The fourth-order valence-electron chi connectivity index (χ4n) is 0.591. The molecule has 0 aliphatic rings. The summed E-state index contributed by atoms with van der Waals surface area (Å²) in [5.74, 6) is -1.65. The van der Waals surface area contributed by atoms with E-state index < -0.39 is 11.7 Å². The SMILES string of the molecule is C/C=C/C=C=C(C)/C(F)=C(\C)F. The van der Waals surface area contributed by atoms with Crippen LogP contribution in [-0.2, 0) is 0 Å². The van der Waals surface area contributed by atoms with E-state index in [1.807, 2.05) is 6.92 Å². The summed E-state index contributed by atoms with van der Waals surface area (Å²) in [5, 5.41) is 0. The maximum Gasteiger partial charge on any atom is 0.164 e. The Kier molecular flexibility index (Phi) is 4.98. The van der Waals surface area contributed by atoms with Gasteiger partial charge in [-0.2, -0.15) is 0 Å². The normalized spacial score (nSPS) is 12.4. The largest absolute Gasteiger partial charge is 0.209 e. The number of allylic oxidation sites excluding steroid dienone is 5. The molecule has 0 unspecified atom stereocenters. The van der Waals surface area contributed by atoms with E-state index in [0.717, 1.165) is 6.92 Å². The summed E-state index contributed by atoms with van der Waals surface area (Å²) in [4.78, 5) is 0. The van der Waals surface area contributed by atoms with E-state index in [0.29, 0.717) is 0 Å². The standard InChI is InChI=1S/C10H12F2/c1-4-5-6-7-8(2)10(12)9(3)11/h4-6H,1-3H3/b5-4+,10-9-. The minimum atomic E-state index is -0.837. The predicted octanol–water partition coefficient (Wildman–Crippen LogP) is 3.83. The average molecular weight is 170 g/mol. The van der Waals surface area contributed by atoms with E-state index in [1.54, 1.807) is 12.2 Å². The summed E-state index contributed by atoms with van der Waals surface area (Å²) in [6.45, 7) is 4.38. The molecule has 12 heavy (non-hydrogen) atoms. The Hall–Kier alpha value is -1.14. The van der Waals surface area contributed by atoms with Crippen molar-refractivity contribution in [1.29, 1.82) is 0 Å². The highest BCUT2D eigenvalue weighted by molar-refractivity contribution is 5.25. The van der Waals surface area contributed by atoms with Gasteiger partial charge in [-0.1, -0.05) is 12.2 Å². The van der Waals surface area contributed by atoms with Crippen LogP contribution in [0.25, 0.3) is 0 Å². The minimum Gasteiger partial charge on any atom is -0.209 e. The molecule has 0 amide bonds. The zero-order chi connectivity index (χ0) is 9.56. The van der Waals surface area contributed by atoms with Crippen LogP contribution in [0, 0.1) is 0 Å². The van der Waals surface area contributed by atoms with Gasteiger partial charge in [0.1, 0.15) is 5.83 Å². The minimum absolute atomic E-state index is 0.174. The quantitative estimate of drug-likeness (QED) is 0.436. The van der Waals surface area contributed by atoms with Crippen LogP contribution in [0.5, 0.6) is 0 Å². The molecule has 0 aromatic rings. The highest BCUT2D eigenvalue weighted by Crippen LogP contribution is 2.15. The van der Waals surface area contributed by atoms with Crippen LogP contribution in [0.4, 0.5) is 8.78 Å². The lowest BCUT2D eigenvalue weighted by Gasteiger charge is -1.91. The molecule has 0 heterocycles. The Balaban J connectivity index is 4.71. The van der Waals surface area contributed by atoms with Crippen molar-refractivity contribution in [1.82, 2.24) is 0 Å². The third-order valence-corrected chi connectivity index (χ3v) is 1.22. The smallest absolute Gasteiger partial charge is 0.164 e. The van der Waals surface area contributed by atoms with Crippen molar-refractivity contribution in [2.24, 2.45) is 0 Å². The van der Waals surface area contributed by atoms with Crippen molar-refractivity contribution < 1.29 is 8.78 Å². The lowest BCUT2D eigenvalue weighted by Crippen LogP contribution is -1.77. The Morgan fingerprint density at radius 1 is 1.25 bits per heavy atom. The average Bonchev–Trinajstić information content (AvgIpc) is 2.03. The third kappa shape index (κ3) is 3.89. The second-order valence-electron chi connectivity index (χ2n) is 2.31. The topological polar surface area (TPSA) is 0 Å². The first-order chi connectivity index (χ1) is 5.59. The molecule has 0 bridgehead atoms. The fraction of sp³-hybridized carbons (Fsp3) is 0.300. The molecular weight excluding hydrogens is 158 g/mol. The van der Waals surface area contributed by atoms with Crippen LogP contribution in [0.15, 0.2) is 41.2 Å². The first-order valence-electron chi connectivity index (χ1n) is 3.66. The van der Waals surface area contributed by atoms with Crippen LogP contribution < -0.4 is 0 Å². The van der Waals surface area contributed by atoms with Gasteiger partial charge in [-0.3, -0.25) is 0 Å². The second kappa shape index (κ2) is 5.50. The van der Waals surface area contributed by atoms with Crippen molar-refractivity contribution in [2.75, 3.05) is 0 Å². The molecule has 0 spiro atoms. The van der Waals surface area contributed by atoms with Gasteiger partial charge in [0.2, 0.25) is 0 Å². The summed E-state index contributed by atoms with van der Waals surface area (Å²) >= 11 is 0. The van der Waals surface area contributed by atoms with E-state index in [1.165, 1.54) is 13.0 Å². The van der Waals surface area contributed by atoms with Crippen LogP contribution in [0.1, 0.15) is 20.8 Å². The fourth-order valence-corrected chi connectivity index (χ4v) is 0.591. The summed E-state index contributed by atoms with van der Waals surface area (Å²) in [6.07, 6.45) is 5.02. The molecule has 2 heteroatoms. The van der Waals surface area contributed by atoms with Crippen molar-refractivity contribution in [2.45, 2.75) is 20.8 Å². The lowest BCUT2D eigenvalue weighted by atomic mass is 10.2. The Morgan fingerprint density at radius 2 is 1.83 bits per heavy atom. The van der Waals surface area contributed by atoms with E-state index in [9.17, 15) is 8.78 Å². The number of hydrogen-bond donors (Lipinski definition) is 0. The molecule has 0 radical (unpaired) electrons. The molecule has 0 aliphatic carbocycles.